The highest BCUT2D eigenvalue weighted by Gasteiger charge is 2.27. The molecule has 0 saturated carbocycles. The van der Waals surface area contributed by atoms with Crippen LogP contribution in [-0.4, -0.2) is 36.7 Å². The third-order valence-corrected chi connectivity index (χ3v) is 3.31. The van der Waals surface area contributed by atoms with Crippen LogP contribution in [0.5, 0.6) is 0 Å². The largest absolute Gasteiger partial charge is 0.465 e. The Kier molecular flexibility index (Phi) is 3.93. The molecule has 1 aromatic rings. The summed E-state index contributed by atoms with van der Waals surface area (Å²) in [7, 11) is 1.37. The molecule has 2 N–H and O–H groups in total. The molecule has 1 saturated heterocycles. The van der Waals surface area contributed by atoms with E-state index in [2.05, 4.69) is 27.3 Å². The predicted molar refractivity (Wildman–Crippen MR) is 68.3 cm³/mol. The standard InChI is InChI=1S/C13H19N3O2/c1-13(5-6-14-9-13)16-8-11-4-3-10(7-15-11)12(17)18-2/h3-4,7,14,16H,5-6,8-9H2,1-2H3. The van der Waals surface area contributed by atoms with Crippen molar-refractivity contribution in [3.63, 3.8) is 0 Å². The van der Waals surface area contributed by atoms with Gasteiger partial charge in [-0.2, -0.15) is 0 Å². The monoisotopic (exact) mass is 249 g/mol. The number of aromatic nitrogens is 1. The average Bonchev–Trinajstić information content (AvgIpc) is 2.83. The van der Waals surface area contributed by atoms with E-state index in [1.54, 1.807) is 12.3 Å². The van der Waals surface area contributed by atoms with Gasteiger partial charge in [-0.3, -0.25) is 4.98 Å². The first kappa shape index (κ1) is 13.0. The topological polar surface area (TPSA) is 63.2 Å². The van der Waals surface area contributed by atoms with Crippen molar-refractivity contribution in [3.8, 4) is 0 Å². The minimum absolute atomic E-state index is 0.142. The van der Waals surface area contributed by atoms with E-state index >= 15 is 0 Å². The van der Waals surface area contributed by atoms with E-state index in [4.69, 9.17) is 0 Å². The minimum Gasteiger partial charge on any atom is -0.465 e. The third-order valence-electron chi connectivity index (χ3n) is 3.31. The van der Waals surface area contributed by atoms with Crippen LogP contribution in [0.4, 0.5) is 0 Å². The molecule has 1 unspecified atom stereocenters. The number of nitrogens with one attached hydrogen (secondary N) is 2. The maximum atomic E-state index is 11.3. The zero-order valence-corrected chi connectivity index (χ0v) is 10.8. The van der Waals surface area contributed by atoms with Gasteiger partial charge in [-0.25, -0.2) is 4.79 Å². The number of carbonyl (C=O) groups excluding carboxylic acids is 1. The Bertz CT molecular complexity index is 411. The smallest absolute Gasteiger partial charge is 0.339 e. The first-order valence-electron chi connectivity index (χ1n) is 6.12. The summed E-state index contributed by atoms with van der Waals surface area (Å²) in [4.78, 5) is 15.5. The zero-order chi connectivity index (χ0) is 13.0. The molecule has 0 spiro atoms. The molecular weight excluding hydrogens is 230 g/mol. The molecule has 98 valence electrons. The van der Waals surface area contributed by atoms with Crippen LogP contribution in [0.3, 0.4) is 0 Å². The van der Waals surface area contributed by atoms with E-state index < -0.39 is 0 Å². The molecule has 2 rings (SSSR count). The molecule has 18 heavy (non-hydrogen) atoms. The van der Waals surface area contributed by atoms with Crippen molar-refractivity contribution in [2.24, 2.45) is 0 Å². The summed E-state index contributed by atoms with van der Waals surface area (Å²) in [6, 6.07) is 3.59. The van der Waals surface area contributed by atoms with Gasteiger partial charge in [0.25, 0.3) is 0 Å². The molecule has 1 aromatic heterocycles. The summed E-state index contributed by atoms with van der Waals surface area (Å²) in [5.41, 5.74) is 1.55. The van der Waals surface area contributed by atoms with Crippen LogP contribution in [-0.2, 0) is 11.3 Å². The summed E-state index contributed by atoms with van der Waals surface area (Å²) >= 11 is 0. The minimum atomic E-state index is -0.353. The molecular formula is C13H19N3O2. The second-order valence-corrected chi connectivity index (χ2v) is 4.87. The number of methoxy groups -OCH3 is 1. The molecule has 1 aliphatic heterocycles. The van der Waals surface area contributed by atoms with Gasteiger partial charge in [-0.15, -0.1) is 0 Å². The predicted octanol–water partition coefficient (Wildman–Crippen LogP) is 0.710. The van der Waals surface area contributed by atoms with Crippen LogP contribution in [0.1, 0.15) is 29.4 Å². The van der Waals surface area contributed by atoms with E-state index in [-0.39, 0.29) is 11.5 Å². The zero-order valence-electron chi connectivity index (χ0n) is 10.8. The fourth-order valence-electron chi connectivity index (χ4n) is 2.04. The summed E-state index contributed by atoms with van der Waals surface area (Å²) in [5.74, 6) is -0.353. The highest BCUT2D eigenvalue weighted by Crippen LogP contribution is 2.14. The third kappa shape index (κ3) is 3.05. The maximum Gasteiger partial charge on any atom is 0.339 e. The molecule has 1 fully saturated rings. The molecule has 5 nitrogen and oxygen atoms in total. The van der Waals surface area contributed by atoms with E-state index in [0.29, 0.717) is 12.1 Å². The average molecular weight is 249 g/mol. The van der Waals surface area contributed by atoms with Gasteiger partial charge >= 0.3 is 5.97 Å². The van der Waals surface area contributed by atoms with Crippen molar-refractivity contribution in [2.75, 3.05) is 20.2 Å². The number of nitrogens with zero attached hydrogens (tertiary/aromatic N) is 1. The number of esters is 1. The van der Waals surface area contributed by atoms with Gasteiger partial charge in [-0.1, -0.05) is 0 Å². The van der Waals surface area contributed by atoms with Crippen LogP contribution < -0.4 is 10.6 Å². The van der Waals surface area contributed by atoms with Gasteiger partial charge in [0.15, 0.2) is 0 Å². The molecule has 0 aromatic carbocycles. The van der Waals surface area contributed by atoms with Crippen LogP contribution >= 0.6 is 0 Å². The molecule has 0 amide bonds. The van der Waals surface area contributed by atoms with Crippen molar-refractivity contribution in [3.05, 3.63) is 29.6 Å². The molecule has 5 heteroatoms. The number of carbonyl (C=O) groups is 1. The number of ether oxygens (including phenoxy) is 1. The molecule has 0 bridgehead atoms. The Morgan fingerprint density at radius 3 is 3.00 bits per heavy atom. The normalized spacial score (nSPS) is 23.0. The Balaban J connectivity index is 1.92. The van der Waals surface area contributed by atoms with E-state index in [9.17, 15) is 4.79 Å². The maximum absolute atomic E-state index is 11.3. The fourth-order valence-corrected chi connectivity index (χ4v) is 2.04. The van der Waals surface area contributed by atoms with Gasteiger partial charge in [0.05, 0.1) is 18.4 Å². The van der Waals surface area contributed by atoms with Crippen molar-refractivity contribution >= 4 is 5.97 Å². The van der Waals surface area contributed by atoms with E-state index in [0.717, 1.165) is 25.2 Å². The van der Waals surface area contributed by atoms with E-state index in [1.807, 2.05) is 6.07 Å². The first-order valence-corrected chi connectivity index (χ1v) is 6.12. The van der Waals surface area contributed by atoms with Gasteiger partial charge in [-0.05, 0) is 32.0 Å². The number of pyridine rings is 1. The van der Waals surface area contributed by atoms with Crippen LogP contribution in [0, 0.1) is 0 Å². The fraction of sp³-hybridized carbons (Fsp3) is 0.538. The van der Waals surface area contributed by atoms with Crippen LogP contribution in [0.25, 0.3) is 0 Å². The second kappa shape index (κ2) is 5.46. The SMILES string of the molecule is COC(=O)c1ccc(CNC2(C)CCNC2)nc1. The Morgan fingerprint density at radius 1 is 1.61 bits per heavy atom. The van der Waals surface area contributed by atoms with Crippen molar-refractivity contribution in [2.45, 2.75) is 25.4 Å². The number of hydrogen-bond acceptors (Lipinski definition) is 5. The Morgan fingerprint density at radius 2 is 2.44 bits per heavy atom. The van der Waals surface area contributed by atoms with E-state index in [1.165, 1.54) is 7.11 Å². The van der Waals surface area contributed by atoms with Gasteiger partial charge in [0.1, 0.15) is 0 Å². The second-order valence-electron chi connectivity index (χ2n) is 4.87. The Labute approximate surface area is 107 Å². The van der Waals surface area contributed by atoms with Gasteiger partial charge in [0, 0.05) is 24.8 Å². The van der Waals surface area contributed by atoms with Crippen molar-refractivity contribution in [1.29, 1.82) is 0 Å². The van der Waals surface area contributed by atoms with Gasteiger partial charge < -0.3 is 15.4 Å². The number of rotatable bonds is 4. The summed E-state index contributed by atoms with van der Waals surface area (Å²) in [6.45, 7) is 4.95. The molecule has 1 atom stereocenters. The lowest BCUT2D eigenvalue weighted by Gasteiger charge is -2.24. The number of hydrogen-bond donors (Lipinski definition) is 2. The lowest BCUT2D eigenvalue weighted by atomic mass is 10.0. The van der Waals surface area contributed by atoms with Crippen molar-refractivity contribution in [1.82, 2.24) is 15.6 Å². The lowest BCUT2D eigenvalue weighted by molar-refractivity contribution is 0.0600. The summed E-state index contributed by atoms with van der Waals surface area (Å²) < 4.78 is 4.63. The Hall–Kier alpha value is -1.46. The molecule has 1 aliphatic rings. The van der Waals surface area contributed by atoms with Crippen LogP contribution in [0.15, 0.2) is 18.3 Å². The first-order chi connectivity index (χ1) is 8.63. The summed E-state index contributed by atoms with van der Waals surface area (Å²) in [5, 5.41) is 6.83. The van der Waals surface area contributed by atoms with Crippen LogP contribution in [0.2, 0.25) is 0 Å². The molecule has 2 heterocycles. The molecule has 0 aliphatic carbocycles. The highest BCUT2D eigenvalue weighted by atomic mass is 16.5. The van der Waals surface area contributed by atoms with Gasteiger partial charge in [0.2, 0.25) is 0 Å². The van der Waals surface area contributed by atoms with Crippen molar-refractivity contribution < 1.29 is 9.53 Å². The summed E-state index contributed by atoms with van der Waals surface area (Å²) in [6.07, 6.45) is 2.67. The highest BCUT2D eigenvalue weighted by molar-refractivity contribution is 5.88. The quantitative estimate of drug-likeness (QED) is 0.769. The lowest BCUT2D eigenvalue weighted by Crippen LogP contribution is -2.43. The molecule has 0 radical (unpaired) electrons.